The molecule has 1 amide bonds. The zero-order valence-electron chi connectivity index (χ0n) is 14.0. The first-order chi connectivity index (χ1) is 12.0. The Balaban J connectivity index is 1.49. The number of sulfone groups is 1. The fraction of sp³-hybridized carbons (Fsp3) is 0.667. The van der Waals surface area contributed by atoms with E-state index in [1.54, 1.807) is 6.07 Å². The predicted octanol–water partition coefficient (Wildman–Crippen LogP) is -0.862. The van der Waals surface area contributed by atoms with Gasteiger partial charge in [0.1, 0.15) is 5.69 Å². The van der Waals surface area contributed by atoms with Gasteiger partial charge in [-0.15, -0.1) is 0 Å². The normalized spacial score (nSPS) is 23.3. The van der Waals surface area contributed by atoms with E-state index in [1.807, 2.05) is 0 Å². The van der Waals surface area contributed by atoms with Gasteiger partial charge in [0, 0.05) is 38.4 Å². The molecule has 10 heteroatoms. The molecule has 138 valence electrons. The van der Waals surface area contributed by atoms with Crippen LogP contribution in [0.15, 0.2) is 12.3 Å². The van der Waals surface area contributed by atoms with Crippen molar-refractivity contribution in [2.45, 2.75) is 12.5 Å². The number of hydrogen-bond donors (Lipinski definition) is 2. The van der Waals surface area contributed by atoms with Gasteiger partial charge in [-0.1, -0.05) is 0 Å². The van der Waals surface area contributed by atoms with Crippen molar-refractivity contribution < 1.29 is 17.9 Å². The van der Waals surface area contributed by atoms with Crippen LogP contribution >= 0.6 is 0 Å². The number of carbonyl (C=O) groups excluding carboxylic acids is 1. The number of hydrogen-bond acceptors (Lipinski definition) is 8. The van der Waals surface area contributed by atoms with Crippen LogP contribution in [0.5, 0.6) is 0 Å². The Morgan fingerprint density at radius 1 is 1.36 bits per heavy atom. The SMILES string of the molecule is O=C(NCCN1CCOCC1)c1ccnc(NC2CCS(=O)(=O)C2)n1. The molecule has 9 nitrogen and oxygen atoms in total. The van der Waals surface area contributed by atoms with Gasteiger partial charge in [0.05, 0.1) is 24.7 Å². The van der Waals surface area contributed by atoms with Gasteiger partial charge in [0.2, 0.25) is 5.95 Å². The van der Waals surface area contributed by atoms with Crippen LogP contribution in [-0.4, -0.2) is 86.1 Å². The summed E-state index contributed by atoms with van der Waals surface area (Å²) >= 11 is 0. The summed E-state index contributed by atoms with van der Waals surface area (Å²) in [5, 5.41) is 5.84. The molecule has 0 bridgehead atoms. The van der Waals surface area contributed by atoms with E-state index in [0.29, 0.717) is 13.0 Å². The highest BCUT2D eigenvalue weighted by atomic mass is 32.2. The first-order valence-corrected chi connectivity index (χ1v) is 10.2. The lowest BCUT2D eigenvalue weighted by Crippen LogP contribution is -2.41. The Morgan fingerprint density at radius 2 is 2.16 bits per heavy atom. The van der Waals surface area contributed by atoms with Gasteiger partial charge in [0.25, 0.3) is 5.91 Å². The summed E-state index contributed by atoms with van der Waals surface area (Å²) in [6, 6.07) is 1.34. The summed E-state index contributed by atoms with van der Waals surface area (Å²) in [6.45, 7) is 4.51. The van der Waals surface area contributed by atoms with Crippen LogP contribution in [-0.2, 0) is 14.6 Å². The number of anilines is 1. The Kier molecular flexibility index (Phi) is 5.82. The second kappa shape index (κ2) is 8.07. The van der Waals surface area contributed by atoms with Gasteiger partial charge in [-0.3, -0.25) is 9.69 Å². The number of aromatic nitrogens is 2. The van der Waals surface area contributed by atoms with E-state index < -0.39 is 9.84 Å². The second-order valence-corrected chi connectivity index (χ2v) is 8.45. The van der Waals surface area contributed by atoms with Crippen molar-refractivity contribution >= 4 is 21.7 Å². The molecule has 2 saturated heterocycles. The van der Waals surface area contributed by atoms with Gasteiger partial charge in [-0.05, 0) is 12.5 Å². The molecule has 0 spiro atoms. The van der Waals surface area contributed by atoms with E-state index in [-0.39, 0.29) is 35.1 Å². The van der Waals surface area contributed by atoms with E-state index in [9.17, 15) is 13.2 Å². The maximum atomic E-state index is 12.2. The Morgan fingerprint density at radius 3 is 2.88 bits per heavy atom. The third-order valence-corrected chi connectivity index (χ3v) is 6.04. The van der Waals surface area contributed by atoms with Gasteiger partial charge in [0.15, 0.2) is 9.84 Å². The maximum absolute atomic E-state index is 12.2. The van der Waals surface area contributed by atoms with Crippen LogP contribution in [0.1, 0.15) is 16.9 Å². The predicted molar refractivity (Wildman–Crippen MR) is 92.3 cm³/mol. The monoisotopic (exact) mass is 369 g/mol. The Bertz CT molecular complexity index is 706. The van der Waals surface area contributed by atoms with Crippen LogP contribution in [0.4, 0.5) is 5.95 Å². The van der Waals surface area contributed by atoms with Crippen molar-refractivity contribution in [2.24, 2.45) is 0 Å². The molecular weight excluding hydrogens is 346 g/mol. The molecule has 1 aromatic rings. The lowest BCUT2D eigenvalue weighted by atomic mass is 10.3. The number of morpholine rings is 1. The zero-order chi connectivity index (χ0) is 17.7. The Hall–Kier alpha value is -1.78. The van der Waals surface area contributed by atoms with E-state index in [4.69, 9.17) is 4.74 Å². The summed E-state index contributed by atoms with van der Waals surface area (Å²) < 4.78 is 28.3. The molecule has 0 aromatic carbocycles. The van der Waals surface area contributed by atoms with Gasteiger partial charge in [-0.2, -0.15) is 0 Å². The summed E-state index contributed by atoms with van der Waals surface area (Å²) in [6.07, 6.45) is 2.03. The fourth-order valence-electron chi connectivity index (χ4n) is 2.89. The molecule has 1 unspecified atom stereocenters. The van der Waals surface area contributed by atoms with Gasteiger partial charge < -0.3 is 15.4 Å². The average molecular weight is 369 g/mol. The lowest BCUT2D eigenvalue weighted by Gasteiger charge is -2.26. The molecule has 0 saturated carbocycles. The number of amides is 1. The third kappa shape index (κ3) is 5.35. The molecule has 1 aromatic heterocycles. The van der Waals surface area contributed by atoms with E-state index >= 15 is 0 Å². The standard InChI is InChI=1S/C15H23N5O4S/c21-14(16-4-5-20-6-8-24-9-7-20)13-1-3-17-15(19-13)18-12-2-10-25(22,23)11-12/h1,3,12H,2,4-11H2,(H,16,21)(H,17,18,19). The zero-order valence-corrected chi connectivity index (χ0v) is 14.8. The summed E-state index contributed by atoms with van der Waals surface area (Å²) in [4.78, 5) is 22.7. The number of nitrogens with one attached hydrogen (secondary N) is 2. The molecule has 3 rings (SSSR count). The smallest absolute Gasteiger partial charge is 0.270 e. The van der Waals surface area contributed by atoms with Crippen LogP contribution in [0.3, 0.4) is 0 Å². The third-order valence-electron chi connectivity index (χ3n) is 4.27. The minimum absolute atomic E-state index is 0.0757. The highest BCUT2D eigenvalue weighted by Crippen LogP contribution is 2.15. The summed E-state index contributed by atoms with van der Waals surface area (Å²) in [5.74, 6) is 0.263. The summed E-state index contributed by atoms with van der Waals surface area (Å²) in [5.41, 5.74) is 0.264. The molecule has 3 heterocycles. The van der Waals surface area contributed by atoms with E-state index in [1.165, 1.54) is 6.20 Å². The van der Waals surface area contributed by atoms with Crippen molar-refractivity contribution in [1.82, 2.24) is 20.2 Å². The van der Waals surface area contributed by atoms with Crippen molar-refractivity contribution in [3.05, 3.63) is 18.0 Å². The van der Waals surface area contributed by atoms with Gasteiger partial charge >= 0.3 is 0 Å². The number of rotatable bonds is 6. The van der Waals surface area contributed by atoms with Gasteiger partial charge in [-0.25, -0.2) is 18.4 Å². The summed E-state index contributed by atoms with van der Waals surface area (Å²) in [7, 11) is -2.98. The van der Waals surface area contributed by atoms with Crippen molar-refractivity contribution in [1.29, 1.82) is 0 Å². The van der Waals surface area contributed by atoms with Crippen molar-refractivity contribution in [3.63, 3.8) is 0 Å². The van der Waals surface area contributed by atoms with Crippen molar-refractivity contribution in [3.8, 4) is 0 Å². The van der Waals surface area contributed by atoms with Crippen molar-refractivity contribution in [2.75, 3.05) is 56.2 Å². The average Bonchev–Trinajstić information content (AvgIpc) is 2.94. The molecular formula is C15H23N5O4S. The van der Waals surface area contributed by atoms with Crippen LogP contribution in [0.2, 0.25) is 0 Å². The lowest BCUT2D eigenvalue weighted by molar-refractivity contribution is 0.0383. The van der Waals surface area contributed by atoms with Crippen LogP contribution in [0.25, 0.3) is 0 Å². The number of carbonyl (C=O) groups is 1. The topological polar surface area (TPSA) is 114 Å². The quantitative estimate of drug-likeness (QED) is 0.666. The molecule has 2 N–H and O–H groups in total. The van der Waals surface area contributed by atoms with Crippen LogP contribution in [0, 0.1) is 0 Å². The second-order valence-electron chi connectivity index (χ2n) is 6.22. The Labute approximate surface area is 147 Å². The highest BCUT2D eigenvalue weighted by Gasteiger charge is 2.28. The fourth-order valence-corrected chi connectivity index (χ4v) is 4.56. The first-order valence-electron chi connectivity index (χ1n) is 8.40. The molecule has 25 heavy (non-hydrogen) atoms. The van der Waals surface area contributed by atoms with E-state index in [2.05, 4.69) is 25.5 Å². The van der Waals surface area contributed by atoms with Crippen LogP contribution < -0.4 is 10.6 Å². The molecule has 0 radical (unpaired) electrons. The minimum Gasteiger partial charge on any atom is -0.379 e. The molecule has 2 fully saturated rings. The first kappa shape index (κ1) is 18.0. The minimum atomic E-state index is -2.98. The maximum Gasteiger partial charge on any atom is 0.270 e. The molecule has 2 aliphatic rings. The molecule has 2 aliphatic heterocycles. The number of nitrogens with zero attached hydrogens (tertiary/aromatic N) is 3. The number of ether oxygens (including phenoxy) is 1. The molecule has 0 aliphatic carbocycles. The highest BCUT2D eigenvalue weighted by molar-refractivity contribution is 7.91. The van der Waals surface area contributed by atoms with E-state index in [0.717, 1.165) is 32.8 Å². The molecule has 1 atom stereocenters. The largest absolute Gasteiger partial charge is 0.379 e.